The van der Waals surface area contributed by atoms with Gasteiger partial charge in [-0.05, 0) is 42.3 Å². The molecule has 1 unspecified atom stereocenters. The van der Waals surface area contributed by atoms with Gasteiger partial charge in [0.05, 0.1) is 27.5 Å². The number of aryl methyl sites for hydroxylation is 1. The summed E-state index contributed by atoms with van der Waals surface area (Å²) in [6, 6.07) is 19.7. The zero-order chi connectivity index (χ0) is 24.1. The van der Waals surface area contributed by atoms with Gasteiger partial charge >= 0.3 is 6.03 Å². The van der Waals surface area contributed by atoms with E-state index in [4.69, 9.17) is 11.6 Å². The van der Waals surface area contributed by atoms with Crippen LogP contribution >= 0.6 is 22.9 Å². The average Bonchev–Trinajstić information content (AvgIpc) is 3.24. The van der Waals surface area contributed by atoms with Crippen molar-refractivity contribution in [2.24, 2.45) is 0 Å². The quantitative estimate of drug-likeness (QED) is 0.276. The fourth-order valence-corrected chi connectivity index (χ4v) is 4.63. The number of carbonyl (C=O) groups excluding carboxylic acids is 2. The number of aromatic nitrogens is 1. The Balaban J connectivity index is 1.41. The minimum absolute atomic E-state index is 0.0794. The highest BCUT2D eigenvalue weighted by atomic mass is 35.5. The van der Waals surface area contributed by atoms with Crippen LogP contribution in [0.25, 0.3) is 10.2 Å². The van der Waals surface area contributed by atoms with E-state index in [1.54, 1.807) is 24.3 Å². The van der Waals surface area contributed by atoms with Gasteiger partial charge in [-0.3, -0.25) is 10.1 Å². The summed E-state index contributed by atoms with van der Waals surface area (Å²) in [6.07, 6.45) is 0. The molecule has 0 aliphatic rings. The van der Waals surface area contributed by atoms with Crippen molar-refractivity contribution in [3.63, 3.8) is 0 Å². The predicted octanol–water partition coefficient (Wildman–Crippen LogP) is 5.41. The normalized spacial score (nSPS) is 11.7. The van der Waals surface area contributed by atoms with Gasteiger partial charge in [0.1, 0.15) is 0 Å². The number of halogens is 1. The van der Waals surface area contributed by atoms with Gasteiger partial charge in [0, 0.05) is 18.0 Å². The summed E-state index contributed by atoms with van der Waals surface area (Å²) in [5.74, 6) is -0.486. The second-order valence-electron chi connectivity index (χ2n) is 7.71. The van der Waals surface area contributed by atoms with Crippen molar-refractivity contribution in [1.82, 2.24) is 10.3 Å². The molecule has 0 fully saturated rings. The van der Waals surface area contributed by atoms with Crippen LogP contribution in [0.15, 0.2) is 66.7 Å². The smallest absolute Gasteiger partial charge is 0.321 e. The molecule has 34 heavy (non-hydrogen) atoms. The Labute approximate surface area is 205 Å². The fourth-order valence-electron chi connectivity index (χ4n) is 3.47. The standard InChI is InChI=1S/C25H23ClN4O3S/c1-15-6-5-9-19(26)22(15)29-23(32)17-10-11-20-21(12-17)34-25(28-20)30-24(33)27-13-18(14-31)16-7-3-2-4-8-16/h2-12,18,31H,13-14H2,1H3,(H,29,32)(H2,27,28,30,33). The number of rotatable bonds is 7. The van der Waals surface area contributed by atoms with Gasteiger partial charge in [0.15, 0.2) is 5.13 Å². The number of carbonyl (C=O) groups is 2. The number of nitrogens with one attached hydrogen (secondary N) is 3. The SMILES string of the molecule is Cc1cccc(Cl)c1NC(=O)c1ccc2nc(NC(=O)NCC(CO)c3ccccc3)sc2c1. The molecule has 0 aliphatic carbocycles. The van der Waals surface area contributed by atoms with Crippen LogP contribution in [0.2, 0.25) is 5.02 Å². The third-order valence-corrected chi connectivity index (χ3v) is 6.58. The molecule has 4 N–H and O–H groups in total. The van der Waals surface area contributed by atoms with Gasteiger partial charge in [-0.15, -0.1) is 0 Å². The Bertz CT molecular complexity index is 1310. The van der Waals surface area contributed by atoms with Crippen LogP contribution in [-0.4, -0.2) is 35.2 Å². The summed E-state index contributed by atoms with van der Waals surface area (Å²) in [5, 5.41) is 18.9. The summed E-state index contributed by atoms with van der Waals surface area (Å²) in [4.78, 5) is 29.5. The fraction of sp³-hybridized carbons (Fsp3) is 0.160. The predicted molar refractivity (Wildman–Crippen MR) is 137 cm³/mol. The van der Waals surface area contributed by atoms with Crippen LogP contribution in [0.4, 0.5) is 15.6 Å². The molecule has 1 heterocycles. The minimum atomic E-state index is -0.416. The molecule has 7 nitrogen and oxygen atoms in total. The second-order valence-corrected chi connectivity index (χ2v) is 9.15. The van der Waals surface area contributed by atoms with E-state index >= 15 is 0 Å². The zero-order valence-corrected chi connectivity index (χ0v) is 19.9. The van der Waals surface area contributed by atoms with Crippen LogP contribution in [-0.2, 0) is 0 Å². The molecule has 3 amide bonds. The second kappa shape index (κ2) is 10.6. The number of aliphatic hydroxyl groups excluding tert-OH is 1. The van der Waals surface area contributed by atoms with Crippen LogP contribution in [0, 0.1) is 6.92 Å². The maximum absolute atomic E-state index is 12.8. The molecule has 0 saturated carbocycles. The summed E-state index contributed by atoms with van der Waals surface area (Å²) < 4.78 is 0.761. The number of hydrogen-bond acceptors (Lipinski definition) is 5. The zero-order valence-electron chi connectivity index (χ0n) is 18.3. The molecule has 0 saturated heterocycles. The lowest BCUT2D eigenvalue weighted by atomic mass is 10.0. The molecule has 1 atom stereocenters. The number of nitrogens with zero attached hydrogens (tertiary/aromatic N) is 1. The van der Waals surface area contributed by atoms with Crippen LogP contribution in [0.5, 0.6) is 0 Å². The highest BCUT2D eigenvalue weighted by Gasteiger charge is 2.15. The molecule has 4 rings (SSSR count). The number of benzene rings is 3. The van der Waals surface area contributed by atoms with E-state index < -0.39 is 6.03 Å². The van der Waals surface area contributed by atoms with Crippen LogP contribution in [0.3, 0.4) is 0 Å². The van der Waals surface area contributed by atoms with E-state index in [1.165, 1.54) is 11.3 Å². The molecular formula is C25H23ClN4O3S. The van der Waals surface area contributed by atoms with Gasteiger partial charge in [-0.1, -0.05) is 65.4 Å². The highest BCUT2D eigenvalue weighted by Crippen LogP contribution is 2.29. The van der Waals surface area contributed by atoms with E-state index in [0.717, 1.165) is 15.8 Å². The molecule has 9 heteroatoms. The van der Waals surface area contributed by atoms with Crippen molar-refractivity contribution in [3.8, 4) is 0 Å². The Morgan fingerprint density at radius 1 is 1.06 bits per heavy atom. The Kier molecular flexibility index (Phi) is 7.42. The Morgan fingerprint density at radius 3 is 2.59 bits per heavy atom. The molecule has 3 aromatic carbocycles. The largest absolute Gasteiger partial charge is 0.396 e. The number of fused-ring (bicyclic) bond motifs is 1. The summed E-state index contributed by atoms with van der Waals surface area (Å²) in [5.41, 5.74) is 3.52. The van der Waals surface area contributed by atoms with E-state index in [-0.39, 0.29) is 25.0 Å². The van der Waals surface area contributed by atoms with Crippen molar-refractivity contribution in [1.29, 1.82) is 0 Å². The van der Waals surface area contributed by atoms with Gasteiger partial charge in [0.25, 0.3) is 5.91 Å². The summed E-state index contributed by atoms with van der Waals surface area (Å²) in [6.45, 7) is 2.08. The molecule has 0 spiro atoms. The van der Waals surface area contributed by atoms with Gasteiger partial charge in [0.2, 0.25) is 0 Å². The first kappa shape index (κ1) is 23.7. The molecule has 0 aliphatic heterocycles. The lowest BCUT2D eigenvalue weighted by Gasteiger charge is -2.15. The maximum Gasteiger partial charge on any atom is 0.321 e. The minimum Gasteiger partial charge on any atom is -0.396 e. The lowest BCUT2D eigenvalue weighted by Crippen LogP contribution is -2.33. The molecule has 0 bridgehead atoms. The molecular weight excluding hydrogens is 472 g/mol. The maximum atomic E-state index is 12.8. The summed E-state index contributed by atoms with van der Waals surface area (Å²) >= 11 is 7.48. The summed E-state index contributed by atoms with van der Waals surface area (Å²) in [7, 11) is 0. The first-order valence-electron chi connectivity index (χ1n) is 10.6. The van der Waals surface area contributed by atoms with Gasteiger partial charge in [-0.2, -0.15) is 0 Å². The number of para-hydroxylation sites is 1. The molecule has 4 aromatic rings. The van der Waals surface area contributed by atoms with Gasteiger partial charge < -0.3 is 15.7 Å². The molecule has 174 valence electrons. The number of anilines is 2. The highest BCUT2D eigenvalue weighted by molar-refractivity contribution is 7.22. The third-order valence-electron chi connectivity index (χ3n) is 5.33. The Hall–Kier alpha value is -3.46. The number of urea groups is 1. The van der Waals surface area contributed by atoms with Crippen molar-refractivity contribution < 1.29 is 14.7 Å². The van der Waals surface area contributed by atoms with E-state index in [2.05, 4.69) is 20.9 Å². The first-order chi connectivity index (χ1) is 16.4. The Morgan fingerprint density at radius 2 is 1.85 bits per heavy atom. The van der Waals surface area contributed by atoms with Crippen molar-refractivity contribution >= 4 is 55.9 Å². The first-order valence-corrected chi connectivity index (χ1v) is 11.8. The number of hydrogen-bond donors (Lipinski definition) is 4. The molecule has 1 aromatic heterocycles. The topological polar surface area (TPSA) is 103 Å². The van der Waals surface area contributed by atoms with E-state index in [1.807, 2.05) is 49.4 Å². The molecule has 0 radical (unpaired) electrons. The van der Waals surface area contributed by atoms with Crippen molar-refractivity contribution in [3.05, 3.63) is 88.4 Å². The number of amides is 3. The van der Waals surface area contributed by atoms with Crippen LogP contribution in [0.1, 0.15) is 27.4 Å². The monoisotopic (exact) mass is 494 g/mol. The van der Waals surface area contributed by atoms with Gasteiger partial charge in [-0.25, -0.2) is 9.78 Å². The average molecular weight is 495 g/mol. The van der Waals surface area contributed by atoms with Crippen molar-refractivity contribution in [2.75, 3.05) is 23.8 Å². The number of thiazole rings is 1. The van der Waals surface area contributed by atoms with Crippen LogP contribution < -0.4 is 16.0 Å². The van der Waals surface area contributed by atoms with E-state index in [9.17, 15) is 14.7 Å². The van der Waals surface area contributed by atoms with Crippen molar-refractivity contribution in [2.45, 2.75) is 12.8 Å². The van der Waals surface area contributed by atoms with E-state index in [0.29, 0.717) is 26.9 Å². The third kappa shape index (κ3) is 5.53. The lowest BCUT2D eigenvalue weighted by molar-refractivity contribution is 0.102. The number of aliphatic hydroxyl groups is 1.